The average Bonchev–Trinajstić information content (AvgIpc) is 3.35. The van der Waals surface area contributed by atoms with Gasteiger partial charge in [0, 0.05) is 31.9 Å². The third kappa shape index (κ3) is 4.90. The maximum absolute atomic E-state index is 4.91. The minimum Gasteiger partial charge on any atom is -0.357 e. The van der Waals surface area contributed by atoms with Crippen molar-refractivity contribution in [1.82, 2.24) is 30.0 Å². The zero-order valence-electron chi connectivity index (χ0n) is 18.7. The van der Waals surface area contributed by atoms with Gasteiger partial charge < -0.3 is 15.2 Å². The highest BCUT2D eigenvalue weighted by Crippen LogP contribution is 2.18. The van der Waals surface area contributed by atoms with Gasteiger partial charge in [-0.1, -0.05) is 44.2 Å². The lowest BCUT2D eigenvalue weighted by Crippen LogP contribution is -2.38. The molecule has 0 saturated carbocycles. The first kappa shape index (κ1) is 21.6. The summed E-state index contributed by atoms with van der Waals surface area (Å²) >= 11 is 0. The van der Waals surface area contributed by atoms with Gasteiger partial charge in [-0.2, -0.15) is 5.10 Å². The first-order chi connectivity index (χ1) is 14.6. The molecule has 3 rings (SSSR count). The van der Waals surface area contributed by atoms with E-state index in [1.807, 2.05) is 43.2 Å². The van der Waals surface area contributed by atoms with Crippen LogP contribution in [0.15, 0.2) is 41.5 Å². The minimum atomic E-state index is 0.625. The standard InChI is InChI=1S/C23H33N7/c1-6-19-18(21(7-2)30(5)28-19)14-26-23(24-8-3)29(4)16-22-25-15-20(27-22)17-12-10-9-11-13-17/h9-13,15H,6-8,14,16H2,1-5H3,(H,24,26)(H,25,27). The molecule has 30 heavy (non-hydrogen) atoms. The molecular weight excluding hydrogens is 374 g/mol. The van der Waals surface area contributed by atoms with Gasteiger partial charge in [-0.25, -0.2) is 9.98 Å². The zero-order chi connectivity index (χ0) is 21.5. The Labute approximate surface area is 179 Å². The highest BCUT2D eigenvalue weighted by atomic mass is 15.3. The van der Waals surface area contributed by atoms with E-state index in [0.29, 0.717) is 13.1 Å². The largest absolute Gasteiger partial charge is 0.357 e. The summed E-state index contributed by atoms with van der Waals surface area (Å²) < 4.78 is 1.99. The molecule has 0 aliphatic heterocycles. The summed E-state index contributed by atoms with van der Waals surface area (Å²) in [5.41, 5.74) is 5.80. The van der Waals surface area contributed by atoms with Crippen molar-refractivity contribution in [3.8, 4) is 11.3 Å². The van der Waals surface area contributed by atoms with E-state index in [1.165, 1.54) is 11.3 Å². The smallest absolute Gasteiger partial charge is 0.194 e. The van der Waals surface area contributed by atoms with Gasteiger partial charge in [0.25, 0.3) is 0 Å². The Hall–Kier alpha value is -3.09. The Kier molecular flexibility index (Phi) is 7.27. The number of guanidine groups is 1. The molecule has 7 heteroatoms. The molecule has 0 amide bonds. The maximum atomic E-state index is 4.91. The molecule has 2 aromatic heterocycles. The number of aliphatic imine (C=N–C) groups is 1. The van der Waals surface area contributed by atoms with E-state index in [9.17, 15) is 0 Å². The molecule has 2 N–H and O–H groups in total. The van der Waals surface area contributed by atoms with Crippen LogP contribution in [0.2, 0.25) is 0 Å². The van der Waals surface area contributed by atoms with Gasteiger partial charge in [-0.3, -0.25) is 4.68 Å². The van der Waals surface area contributed by atoms with Crippen LogP contribution < -0.4 is 5.32 Å². The molecule has 0 saturated heterocycles. The molecule has 0 aliphatic carbocycles. The summed E-state index contributed by atoms with van der Waals surface area (Å²) in [7, 11) is 4.06. The van der Waals surface area contributed by atoms with E-state index in [0.717, 1.165) is 48.1 Å². The molecular formula is C23H33N7. The molecule has 7 nitrogen and oxygen atoms in total. The molecule has 0 aliphatic rings. The molecule has 0 radical (unpaired) electrons. The number of hydrogen-bond acceptors (Lipinski definition) is 3. The van der Waals surface area contributed by atoms with Crippen molar-refractivity contribution >= 4 is 5.96 Å². The van der Waals surface area contributed by atoms with Gasteiger partial charge in [-0.05, 0) is 25.3 Å². The van der Waals surface area contributed by atoms with Crippen LogP contribution in [0.1, 0.15) is 43.5 Å². The van der Waals surface area contributed by atoms with Crippen molar-refractivity contribution in [1.29, 1.82) is 0 Å². The predicted octanol–water partition coefficient (Wildman–Crippen LogP) is 3.53. The molecule has 1 aromatic carbocycles. The number of benzene rings is 1. The Morgan fingerprint density at radius 2 is 1.93 bits per heavy atom. The Morgan fingerprint density at radius 3 is 2.60 bits per heavy atom. The van der Waals surface area contributed by atoms with Gasteiger partial charge in [0.15, 0.2) is 5.96 Å². The normalized spacial score (nSPS) is 11.7. The molecule has 0 fully saturated rings. The van der Waals surface area contributed by atoms with E-state index >= 15 is 0 Å². The number of imidazole rings is 1. The SMILES string of the molecule is CCNC(=NCc1c(CC)nn(C)c1CC)N(C)Cc1ncc(-c2ccccc2)[nH]1. The lowest BCUT2D eigenvalue weighted by molar-refractivity contribution is 0.464. The molecule has 2 heterocycles. The Morgan fingerprint density at radius 1 is 1.17 bits per heavy atom. The number of aromatic amines is 1. The Balaban J connectivity index is 1.75. The fourth-order valence-electron chi connectivity index (χ4n) is 3.70. The van der Waals surface area contributed by atoms with Crippen molar-refractivity contribution in [2.75, 3.05) is 13.6 Å². The lowest BCUT2D eigenvalue weighted by atomic mass is 10.1. The van der Waals surface area contributed by atoms with Crippen molar-refractivity contribution < 1.29 is 0 Å². The van der Waals surface area contributed by atoms with Crippen molar-refractivity contribution in [3.05, 3.63) is 59.3 Å². The van der Waals surface area contributed by atoms with Crippen LogP contribution in [0.5, 0.6) is 0 Å². The monoisotopic (exact) mass is 407 g/mol. The van der Waals surface area contributed by atoms with Gasteiger partial charge >= 0.3 is 0 Å². The van der Waals surface area contributed by atoms with Crippen molar-refractivity contribution in [2.24, 2.45) is 12.0 Å². The summed E-state index contributed by atoms with van der Waals surface area (Å²) in [4.78, 5) is 15.0. The highest BCUT2D eigenvalue weighted by Gasteiger charge is 2.15. The number of rotatable bonds is 8. The number of nitrogens with zero attached hydrogens (tertiary/aromatic N) is 5. The second kappa shape index (κ2) is 10.1. The average molecular weight is 408 g/mol. The molecule has 3 aromatic rings. The number of nitrogens with one attached hydrogen (secondary N) is 2. The topological polar surface area (TPSA) is 74.1 Å². The third-order valence-corrected chi connectivity index (χ3v) is 5.21. The van der Waals surface area contributed by atoms with Crippen molar-refractivity contribution in [3.63, 3.8) is 0 Å². The second-order valence-corrected chi connectivity index (χ2v) is 7.34. The summed E-state index contributed by atoms with van der Waals surface area (Å²) in [6, 6.07) is 10.2. The molecule has 0 atom stereocenters. The molecule has 0 spiro atoms. The number of aryl methyl sites for hydroxylation is 2. The first-order valence-electron chi connectivity index (χ1n) is 10.7. The van der Waals surface area contributed by atoms with Gasteiger partial charge in [0.05, 0.1) is 30.7 Å². The van der Waals surface area contributed by atoms with Crippen LogP contribution in [-0.2, 0) is 33.0 Å². The van der Waals surface area contributed by atoms with Gasteiger partial charge in [0.1, 0.15) is 5.82 Å². The zero-order valence-corrected chi connectivity index (χ0v) is 18.7. The summed E-state index contributed by atoms with van der Waals surface area (Å²) in [5.74, 6) is 1.77. The van der Waals surface area contributed by atoms with Crippen LogP contribution in [0.25, 0.3) is 11.3 Å². The minimum absolute atomic E-state index is 0.625. The maximum Gasteiger partial charge on any atom is 0.194 e. The fourth-order valence-corrected chi connectivity index (χ4v) is 3.70. The Bertz CT molecular complexity index is 969. The van der Waals surface area contributed by atoms with E-state index in [2.05, 4.69) is 58.2 Å². The van der Waals surface area contributed by atoms with Gasteiger partial charge in [-0.15, -0.1) is 0 Å². The number of aromatic nitrogens is 4. The first-order valence-corrected chi connectivity index (χ1v) is 10.7. The van der Waals surface area contributed by atoms with E-state index in [-0.39, 0.29) is 0 Å². The van der Waals surface area contributed by atoms with Crippen LogP contribution in [0.3, 0.4) is 0 Å². The summed E-state index contributed by atoms with van der Waals surface area (Å²) in [6.07, 6.45) is 3.76. The molecule has 0 unspecified atom stereocenters. The molecule has 160 valence electrons. The van der Waals surface area contributed by atoms with Crippen LogP contribution in [0.4, 0.5) is 0 Å². The molecule has 0 bridgehead atoms. The predicted molar refractivity (Wildman–Crippen MR) is 122 cm³/mol. The summed E-state index contributed by atoms with van der Waals surface area (Å²) in [5, 5.41) is 8.07. The van der Waals surface area contributed by atoms with Crippen LogP contribution in [0, 0.1) is 0 Å². The highest BCUT2D eigenvalue weighted by molar-refractivity contribution is 5.79. The van der Waals surface area contributed by atoms with E-state index in [4.69, 9.17) is 4.99 Å². The lowest BCUT2D eigenvalue weighted by Gasteiger charge is -2.21. The van der Waals surface area contributed by atoms with E-state index in [1.54, 1.807) is 0 Å². The summed E-state index contributed by atoms with van der Waals surface area (Å²) in [6.45, 7) is 8.48. The third-order valence-electron chi connectivity index (χ3n) is 5.21. The van der Waals surface area contributed by atoms with Crippen molar-refractivity contribution in [2.45, 2.75) is 46.7 Å². The second-order valence-electron chi connectivity index (χ2n) is 7.34. The van der Waals surface area contributed by atoms with Crippen LogP contribution >= 0.6 is 0 Å². The fraction of sp³-hybridized carbons (Fsp3) is 0.435. The number of H-pyrrole nitrogens is 1. The quantitative estimate of drug-likeness (QED) is 0.442. The van der Waals surface area contributed by atoms with Crippen LogP contribution in [-0.4, -0.2) is 44.2 Å². The number of hydrogen-bond donors (Lipinski definition) is 2. The van der Waals surface area contributed by atoms with Gasteiger partial charge in [0.2, 0.25) is 0 Å². The van der Waals surface area contributed by atoms with E-state index < -0.39 is 0 Å².